The molecule has 1 aliphatic rings. The van der Waals surface area contributed by atoms with Crippen LogP contribution in [0.4, 0.5) is 5.69 Å². The number of benzene rings is 1. The summed E-state index contributed by atoms with van der Waals surface area (Å²) in [7, 11) is 4.19. The van der Waals surface area contributed by atoms with Gasteiger partial charge in [-0.15, -0.1) is 0 Å². The molecule has 0 radical (unpaired) electrons. The predicted octanol–water partition coefficient (Wildman–Crippen LogP) is 4.07. The Bertz CT molecular complexity index is 419. The minimum atomic E-state index is 0.642. The van der Waals surface area contributed by atoms with Gasteiger partial charge in [-0.05, 0) is 37.9 Å². The molecule has 0 aromatic heterocycles. The summed E-state index contributed by atoms with van der Waals surface area (Å²) >= 11 is 6.36. The van der Waals surface area contributed by atoms with E-state index in [0.29, 0.717) is 6.04 Å². The Morgan fingerprint density at radius 3 is 2.74 bits per heavy atom. The molecule has 106 valence electrons. The monoisotopic (exact) mass is 280 g/mol. The Hall–Kier alpha value is -0.730. The highest BCUT2D eigenvalue weighted by atomic mass is 35.5. The van der Waals surface area contributed by atoms with Crippen LogP contribution in [0.5, 0.6) is 0 Å². The molecule has 1 fully saturated rings. The van der Waals surface area contributed by atoms with Crippen molar-refractivity contribution in [2.24, 2.45) is 5.92 Å². The van der Waals surface area contributed by atoms with Gasteiger partial charge in [-0.1, -0.05) is 37.4 Å². The maximum Gasteiger partial charge on any atom is 0.0471 e. The van der Waals surface area contributed by atoms with Crippen LogP contribution in [0, 0.1) is 5.92 Å². The highest BCUT2D eigenvalue weighted by Crippen LogP contribution is 2.34. The van der Waals surface area contributed by atoms with Crippen LogP contribution in [-0.2, 0) is 6.54 Å². The van der Waals surface area contributed by atoms with Gasteiger partial charge in [0.05, 0.1) is 0 Å². The molecule has 0 bridgehead atoms. The Balaban J connectivity index is 2.27. The molecule has 1 aliphatic carbocycles. The maximum atomic E-state index is 6.36. The van der Waals surface area contributed by atoms with E-state index in [2.05, 4.69) is 36.3 Å². The lowest BCUT2D eigenvalue weighted by Gasteiger charge is -2.38. The van der Waals surface area contributed by atoms with Crippen LogP contribution in [0.1, 0.15) is 38.2 Å². The Labute approximate surface area is 122 Å². The Kier molecular flexibility index (Phi) is 5.12. The number of hydrogen-bond donors (Lipinski definition) is 1. The zero-order valence-corrected chi connectivity index (χ0v) is 13.0. The standard InChI is InChI=1S/C16H25ClN2/c1-12-7-4-5-9-15(12)19(3)16-10-6-8-14(17)13(16)11-18-2/h6,8,10,12,15,18H,4-5,7,9,11H2,1-3H3. The van der Waals surface area contributed by atoms with Crippen molar-refractivity contribution in [1.82, 2.24) is 5.32 Å². The first-order chi connectivity index (χ1) is 9.15. The molecule has 2 atom stereocenters. The van der Waals surface area contributed by atoms with Crippen LogP contribution >= 0.6 is 11.6 Å². The lowest BCUT2D eigenvalue weighted by atomic mass is 9.84. The minimum absolute atomic E-state index is 0.642. The summed E-state index contributed by atoms with van der Waals surface area (Å²) in [5, 5.41) is 4.09. The largest absolute Gasteiger partial charge is 0.371 e. The molecule has 0 saturated heterocycles. The molecular weight excluding hydrogens is 256 g/mol. The molecule has 1 N–H and O–H groups in total. The second-order valence-electron chi connectivity index (χ2n) is 5.71. The second-order valence-corrected chi connectivity index (χ2v) is 6.12. The fourth-order valence-electron chi connectivity index (χ4n) is 3.28. The lowest BCUT2D eigenvalue weighted by molar-refractivity contribution is 0.321. The van der Waals surface area contributed by atoms with Gasteiger partial charge in [-0.2, -0.15) is 0 Å². The molecule has 1 aromatic rings. The van der Waals surface area contributed by atoms with Gasteiger partial charge in [-0.25, -0.2) is 0 Å². The number of nitrogens with one attached hydrogen (secondary N) is 1. The van der Waals surface area contributed by atoms with Crippen LogP contribution in [0.3, 0.4) is 0 Å². The van der Waals surface area contributed by atoms with Gasteiger partial charge >= 0.3 is 0 Å². The maximum absolute atomic E-state index is 6.36. The van der Waals surface area contributed by atoms with Crippen molar-refractivity contribution in [2.75, 3.05) is 19.0 Å². The summed E-state index contributed by atoms with van der Waals surface area (Å²) in [6.45, 7) is 3.20. The summed E-state index contributed by atoms with van der Waals surface area (Å²) in [5.74, 6) is 0.764. The highest BCUT2D eigenvalue weighted by molar-refractivity contribution is 6.31. The quantitative estimate of drug-likeness (QED) is 0.894. The smallest absolute Gasteiger partial charge is 0.0471 e. The third-order valence-electron chi connectivity index (χ3n) is 4.39. The Morgan fingerprint density at radius 2 is 2.05 bits per heavy atom. The van der Waals surface area contributed by atoms with E-state index in [9.17, 15) is 0 Å². The predicted molar refractivity (Wildman–Crippen MR) is 84.0 cm³/mol. The van der Waals surface area contributed by atoms with Crippen molar-refractivity contribution in [1.29, 1.82) is 0 Å². The van der Waals surface area contributed by atoms with Crippen molar-refractivity contribution < 1.29 is 0 Å². The third-order valence-corrected chi connectivity index (χ3v) is 4.75. The second kappa shape index (κ2) is 6.62. The number of rotatable bonds is 4. The first-order valence-electron chi connectivity index (χ1n) is 7.30. The number of hydrogen-bond acceptors (Lipinski definition) is 2. The number of anilines is 1. The van der Waals surface area contributed by atoms with E-state index >= 15 is 0 Å². The summed E-state index contributed by atoms with van der Waals surface area (Å²) in [4.78, 5) is 2.45. The average molecular weight is 281 g/mol. The van der Waals surface area contributed by atoms with Gasteiger partial charge in [0, 0.05) is 35.9 Å². The Morgan fingerprint density at radius 1 is 1.32 bits per heavy atom. The first-order valence-corrected chi connectivity index (χ1v) is 7.67. The highest BCUT2D eigenvalue weighted by Gasteiger charge is 2.26. The summed E-state index contributed by atoms with van der Waals surface area (Å²) in [6.07, 6.45) is 5.37. The van der Waals surface area contributed by atoms with Crippen molar-refractivity contribution in [2.45, 2.75) is 45.2 Å². The fourth-order valence-corrected chi connectivity index (χ4v) is 3.52. The summed E-state index contributed by atoms with van der Waals surface area (Å²) in [6, 6.07) is 6.87. The average Bonchev–Trinajstić information content (AvgIpc) is 2.41. The van der Waals surface area contributed by atoms with Gasteiger partial charge in [-0.3, -0.25) is 0 Å². The molecule has 1 saturated carbocycles. The lowest BCUT2D eigenvalue weighted by Crippen LogP contribution is -2.39. The number of halogens is 1. The van der Waals surface area contributed by atoms with Crippen molar-refractivity contribution in [3.63, 3.8) is 0 Å². The first kappa shape index (κ1) is 14.7. The van der Waals surface area contributed by atoms with Gasteiger partial charge in [0.25, 0.3) is 0 Å². The molecule has 0 aliphatic heterocycles. The number of nitrogens with zero attached hydrogens (tertiary/aromatic N) is 1. The van der Waals surface area contributed by atoms with E-state index in [0.717, 1.165) is 17.5 Å². The third kappa shape index (κ3) is 3.24. The van der Waals surface area contributed by atoms with E-state index in [1.807, 2.05) is 13.1 Å². The van der Waals surface area contributed by atoms with Crippen LogP contribution in [0.15, 0.2) is 18.2 Å². The van der Waals surface area contributed by atoms with E-state index in [-0.39, 0.29) is 0 Å². The van der Waals surface area contributed by atoms with Crippen LogP contribution < -0.4 is 10.2 Å². The summed E-state index contributed by atoms with van der Waals surface area (Å²) in [5.41, 5.74) is 2.49. The van der Waals surface area contributed by atoms with Crippen LogP contribution in [0.2, 0.25) is 5.02 Å². The molecule has 2 unspecified atom stereocenters. The van der Waals surface area contributed by atoms with Crippen molar-refractivity contribution >= 4 is 17.3 Å². The zero-order chi connectivity index (χ0) is 13.8. The normalized spacial score (nSPS) is 23.4. The van der Waals surface area contributed by atoms with Gasteiger partial charge in [0.15, 0.2) is 0 Å². The van der Waals surface area contributed by atoms with Crippen molar-refractivity contribution in [3.05, 3.63) is 28.8 Å². The minimum Gasteiger partial charge on any atom is -0.371 e. The molecular formula is C16H25ClN2. The van der Waals surface area contributed by atoms with Gasteiger partial charge in [0.1, 0.15) is 0 Å². The van der Waals surface area contributed by atoms with Crippen LogP contribution in [0.25, 0.3) is 0 Å². The molecule has 0 spiro atoms. The molecule has 1 aromatic carbocycles. The zero-order valence-electron chi connectivity index (χ0n) is 12.2. The molecule has 0 heterocycles. The molecule has 2 nitrogen and oxygen atoms in total. The topological polar surface area (TPSA) is 15.3 Å². The molecule has 19 heavy (non-hydrogen) atoms. The molecule has 0 amide bonds. The van der Waals surface area contributed by atoms with Gasteiger partial charge in [0.2, 0.25) is 0 Å². The van der Waals surface area contributed by atoms with E-state index in [1.54, 1.807) is 0 Å². The molecule has 2 rings (SSSR count). The van der Waals surface area contributed by atoms with E-state index < -0.39 is 0 Å². The van der Waals surface area contributed by atoms with Gasteiger partial charge < -0.3 is 10.2 Å². The molecule has 3 heteroatoms. The fraction of sp³-hybridized carbons (Fsp3) is 0.625. The van der Waals surface area contributed by atoms with Crippen molar-refractivity contribution in [3.8, 4) is 0 Å². The van der Waals surface area contributed by atoms with Crippen LogP contribution in [-0.4, -0.2) is 20.1 Å². The SMILES string of the molecule is CNCc1c(Cl)cccc1N(C)C1CCCCC1C. The summed E-state index contributed by atoms with van der Waals surface area (Å²) < 4.78 is 0. The van der Waals surface area contributed by atoms with E-state index in [1.165, 1.54) is 36.9 Å². The van der Waals surface area contributed by atoms with E-state index in [4.69, 9.17) is 11.6 Å².